The van der Waals surface area contributed by atoms with Crippen LogP contribution in [0.1, 0.15) is 42.7 Å². The SMILES string of the molecule is CC1=C(C(=O)Nc2ccc(F)cc2F)[C@@H](c2cccc(Cl)c2)C2=C(C[C@@H](c3ccccc3)CC2=O)N1. The number of rotatable bonds is 4. The van der Waals surface area contributed by atoms with Crippen LogP contribution in [-0.4, -0.2) is 11.7 Å². The molecule has 1 heterocycles. The lowest BCUT2D eigenvalue weighted by atomic mass is 9.71. The minimum Gasteiger partial charge on any atom is -0.362 e. The predicted molar refractivity (Wildman–Crippen MR) is 135 cm³/mol. The molecule has 0 aromatic heterocycles. The Morgan fingerprint density at radius 3 is 2.44 bits per heavy atom. The quantitative estimate of drug-likeness (QED) is 0.420. The van der Waals surface area contributed by atoms with Crippen LogP contribution in [0.15, 0.2) is 95.3 Å². The molecule has 7 heteroatoms. The van der Waals surface area contributed by atoms with E-state index in [2.05, 4.69) is 10.6 Å². The van der Waals surface area contributed by atoms with E-state index in [-0.39, 0.29) is 23.0 Å². The second kappa shape index (κ2) is 9.70. The Balaban J connectivity index is 1.57. The molecule has 5 rings (SSSR count). The van der Waals surface area contributed by atoms with Crippen LogP contribution in [0.4, 0.5) is 14.5 Å². The van der Waals surface area contributed by atoms with Crippen molar-refractivity contribution < 1.29 is 18.4 Å². The zero-order chi connectivity index (χ0) is 25.4. The van der Waals surface area contributed by atoms with Gasteiger partial charge in [0.15, 0.2) is 5.78 Å². The number of nitrogens with one attached hydrogen (secondary N) is 2. The van der Waals surface area contributed by atoms with Crippen LogP contribution in [0.3, 0.4) is 0 Å². The minimum atomic E-state index is -0.885. The molecule has 3 aromatic carbocycles. The average Bonchev–Trinajstić information content (AvgIpc) is 2.85. The maximum Gasteiger partial charge on any atom is 0.254 e. The molecule has 3 aromatic rings. The fourth-order valence-corrected chi connectivity index (χ4v) is 5.30. The first-order valence-electron chi connectivity index (χ1n) is 11.6. The van der Waals surface area contributed by atoms with Crippen molar-refractivity contribution in [2.75, 3.05) is 5.32 Å². The first kappa shape index (κ1) is 23.9. The van der Waals surface area contributed by atoms with Gasteiger partial charge in [-0.25, -0.2) is 8.78 Å². The number of carbonyl (C=O) groups is 2. The smallest absolute Gasteiger partial charge is 0.254 e. The lowest BCUT2D eigenvalue weighted by Crippen LogP contribution is -2.37. The molecule has 2 aliphatic rings. The second-order valence-corrected chi connectivity index (χ2v) is 9.50. The molecule has 0 saturated heterocycles. The van der Waals surface area contributed by atoms with E-state index in [1.54, 1.807) is 25.1 Å². The molecule has 0 bridgehead atoms. The van der Waals surface area contributed by atoms with Gasteiger partial charge in [0, 0.05) is 46.0 Å². The number of halogens is 3. The number of anilines is 1. The summed E-state index contributed by atoms with van der Waals surface area (Å²) in [6.45, 7) is 1.76. The van der Waals surface area contributed by atoms with Crippen molar-refractivity contribution in [3.05, 3.63) is 123 Å². The first-order chi connectivity index (χ1) is 17.3. The van der Waals surface area contributed by atoms with Crippen LogP contribution in [0.2, 0.25) is 5.02 Å². The summed E-state index contributed by atoms with van der Waals surface area (Å²) in [6, 6.07) is 19.9. The molecule has 2 N–H and O–H groups in total. The van der Waals surface area contributed by atoms with Crippen molar-refractivity contribution in [1.29, 1.82) is 0 Å². The highest BCUT2D eigenvalue weighted by molar-refractivity contribution is 6.30. The first-order valence-corrected chi connectivity index (χ1v) is 12.0. The van der Waals surface area contributed by atoms with E-state index in [1.807, 2.05) is 36.4 Å². The molecule has 1 amide bonds. The molecule has 0 spiro atoms. The number of Topliss-reactive ketones (excluding diaryl/α,β-unsaturated/α-hetero) is 1. The van der Waals surface area contributed by atoms with Crippen LogP contribution in [-0.2, 0) is 9.59 Å². The van der Waals surface area contributed by atoms with Crippen molar-refractivity contribution in [3.63, 3.8) is 0 Å². The van der Waals surface area contributed by atoms with Crippen LogP contribution in [0.25, 0.3) is 0 Å². The third-order valence-corrected chi connectivity index (χ3v) is 6.94. The van der Waals surface area contributed by atoms with E-state index >= 15 is 0 Å². The number of amides is 1. The Bertz CT molecular complexity index is 1430. The molecule has 182 valence electrons. The minimum absolute atomic E-state index is 0.0152. The van der Waals surface area contributed by atoms with Crippen molar-refractivity contribution in [3.8, 4) is 0 Å². The monoisotopic (exact) mass is 504 g/mol. The summed E-state index contributed by atoms with van der Waals surface area (Å²) in [6.07, 6.45) is 0.920. The number of carbonyl (C=O) groups excluding carboxylic acids is 2. The molecule has 0 unspecified atom stereocenters. The molecule has 0 fully saturated rings. The molecular weight excluding hydrogens is 482 g/mol. The van der Waals surface area contributed by atoms with Crippen molar-refractivity contribution in [2.24, 2.45) is 0 Å². The van der Waals surface area contributed by atoms with E-state index in [1.165, 1.54) is 6.07 Å². The summed E-state index contributed by atoms with van der Waals surface area (Å²) < 4.78 is 27.7. The van der Waals surface area contributed by atoms with Crippen LogP contribution < -0.4 is 10.6 Å². The van der Waals surface area contributed by atoms with E-state index in [0.29, 0.717) is 40.8 Å². The van der Waals surface area contributed by atoms with Gasteiger partial charge >= 0.3 is 0 Å². The second-order valence-electron chi connectivity index (χ2n) is 9.06. The van der Waals surface area contributed by atoms with Gasteiger partial charge in [-0.05, 0) is 54.7 Å². The van der Waals surface area contributed by atoms with Gasteiger partial charge in [-0.15, -0.1) is 0 Å². The fourth-order valence-electron chi connectivity index (χ4n) is 5.10. The molecule has 0 saturated carbocycles. The van der Waals surface area contributed by atoms with E-state index in [4.69, 9.17) is 11.6 Å². The van der Waals surface area contributed by atoms with Gasteiger partial charge in [-0.3, -0.25) is 9.59 Å². The highest BCUT2D eigenvalue weighted by Crippen LogP contribution is 2.46. The Morgan fingerprint density at radius 2 is 1.72 bits per heavy atom. The summed E-state index contributed by atoms with van der Waals surface area (Å²) in [5.74, 6) is -2.95. The maximum atomic E-state index is 14.3. The maximum absolute atomic E-state index is 14.3. The fraction of sp³-hybridized carbons (Fsp3) is 0.172. The average molecular weight is 505 g/mol. The highest BCUT2D eigenvalue weighted by atomic mass is 35.5. The standard InChI is InChI=1S/C29H23ClF2N2O2/c1-16-26(29(36)34-23-11-10-21(31)15-22(23)32)27(18-8-5-9-20(30)12-18)28-24(33-16)13-19(14-25(28)35)17-6-3-2-4-7-17/h2-12,15,19,27,33H,13-14H2,1H3,(H,34,36)/t19-,27-/m1/s1. The number of hydrogen-bond donors (Lipinski definition) is 2. The molecule has 2 atom stereocenters. The predicted octanol–water partition coefficient (Wildman–Crippen LogP) is 6.62. The third-order valence-electron chi connectivity index (χ3n) is 6.70. The van der Waals surface area contributed by atoms with Gasteiger partial charge < -0.3 is 10.6 Å². The summed E-state index contributed by atoms with van der Waals surface area (Å²) in [4.78, 5) is 27.1. The Morgan fingerprint density at radius 1 is 0.972 bits per heavy atom. The van der Waals surface area contributed by atoms with Crippen molar-refractivity contribution in [1.82, 2.24) is 5.32 Å². The number of dihydropyridines is 1. The zero-order valence-corrected chi connectivity index (χ0v) is 20.2. The molecule has 36 heavy (non-hydrogen) atoms. The molecule has 4 nitrogen and oxygen atoms in total. The van der Waals surface area contributed by atoms with Crippen LogP contribution >= 0.6 is 11.6 Å². The molecule has 0 radical (unpaired) electrons. The van der Waals surface area contributed by atoms with Crippen molar-refractivity contribution in [2.45, 2.75) is 31.6 Å². The third kappa shape index (κ3) is 4.56. The summed E-state index contributed by atoms with van der Waals surface area (Å²) in [7, 11) is 0. The van der Waals surface area contributed by atoms with Gasteiger partial charge in [0.2, 0.25) is 0 Å². The topological polar surface area (TPSA) is 58.2 Å². The van der Waals surface area contributed by atoms with E-state index < -0.39 is 23.5 Å². The molecule has 1 aliphatic heterocycles. The number of allylic oxidation sites excluding steroid dienone is 3. The summed E-state index contributed by atoms with van der Waals surface area (Å²) in [5.41, 5.74) is 3.74. The Hall–Kier alpha value is -3.77. The van der Waals surface area contributed by atoms with Crippen LogP contribution in [0, 0.1) is 11.6 Å². The largest absolute Gasteiger partial charge is 0.362 e. The Kier molecular flexibility index (Phi) is 6.46. The van der Waals surface area contributed by atoms with E-state index in [9.17, 15) is 18.4 Å². The lowest BCUT2D eigenvalue weighted by Gasteiger charge is -2.37. The highest BCUT2D eigenvalue weighted by Gasteiger charge is 2.41. The van der Waals surface area contributed by atoms with Crippen molar-refractivity contribution >= 4 is 29.0 Å². The Labute approximate surface area is 212 Å². The van der Waals surface area contributed by atoms with Gasteiger partial charge in [0.05, 0.1) is 5.69 Å². The van der Waals surface area contributed by atoms with E-state index in [0.717, 1.165) is 17.3 Å². The van der Waals surface area contributed by atoms with Gasteiger partial charge in [0.1, 0.15) is 11.6 Å². The summed E-state index contributed by atoms with van der Waals surface area (Å²) in [5, 5.41) is 6.32. The van der Waals surface area contributed by atoms with Gasteiger partial charge in [0.25, 0.3) is 5.91 Å². The van der Waals surface area contributed by atoms with Gasteiger partial charge in [-0.1, -0.05) is 54.1 Å². The number of benzene rings is 3. The van der Waals surface area contributed by atoms with Crippen LogP contribution in [0.5, 0.6) is 0 Å². The molecule has 1 aliphatic carbocycles. The normalized spacial score (nSPS) is 19.6. The summed E-state index contributed by atoms with van der Waals surface area (Å²) >= 11 is 6.29. The lowest BCUT2D eigenvalue weighted by molar-refractivity contribution is -0.116. The number of hydrogen-bond acceptors (Lipinski definition) is 3. The number of ketones is 1. The zero-order valence-electron chi connectivity index (χ0n) is 19.4. The van der Waals surface area contributed by atoms with Gasteiger partial charge in [-0.2, -0.15) is 0 Å². The molecular formula is C29H23ClF2N2O2.